The normalized spacial score (nSPS) is 26.7. The molecule has 3 rings (SSSR count). The van der Waals surface area contributed by atoms with Crippen LogP contribution in [0.25, 0.3) is 0 Å². The van der Waals surface area contributed by atoms with Gasteiger partial charge in [-0.25, -0.2) is 4.79 Å². The molecule has 0 bridgehead atoms. The van der Waals surface area contributed by atoms with E-state index in [1.54, 1.807) is 4.90 Å². The van der Waals surface area contributed by atoms with Gasteiger partial charge in [0.2, 0.25) is 5.91 Å². The smallest absolute Gasteiger partial charge is 0.322 e. The first-order valence-electron chi connectivity index (χ1n) is 6.03. The Morgan fingerprint density at radius 2 is 2.44 bits per heavy atom. The van der Waals surface area contributed by atoms with Gasteiger partial charge >= 0.3 is 6.03 Å². The number of anilines is 1. The van der Waals surface area contributed by atoms with E-state index in [1.165, 1.54) is 11.3 Å². The molecule has 1 spiro atoms. The monoisotopic (exact) mass is 265 g/mol. The average Bonchev–Trinajstić information content (AvgIpc) is 3.03. The highest BCUT2D eigenvalue weighted by molar-refractivity contribution is 7.14. The van der Waals surface area contributed by atoms with E-state index >= 15 is 0 Å². The molecule has 18 heavy (non-hydrogen) atoms. The molecule has 1 aromatic rings. The molecule has 2 N–H and O–H groups in total. The zero-order chi connectivity index (χ0) is 12.6. The van der Waals surface area contributed by atoms with Crippen molar-refractivity contribution in [3.8, 4) is 0 Å². The fourth-order valence-electron chi connectivity index (χ4n) is 2.68. The predicted octanol–water partition coefficient (Wildman–Crippen LogP) is 1.49. The Balaban J connectivity index is 1.62. The molecule has 0 aliphatic carbocycles. The summed E-state index contributed by atoms with van der Waals surface area (Å²) in [6.07, 6.45) is 1.46. The largest absolute Gasteiger partial charge is 0.355 e. The molecular weight excluding hydrogens is 250 g/mol. The molecule has 5 nitrogen and oxygen atoms in total. The summed E-state index contributed by atoms with van der Waals surface area (Å²) >= 11 is 1.51. The molecule has 1 unspecified atom stereocenters. The van der Waals surface area contributed by atoms with Crippen LogP contribution in [0.2, 0.25) is 0 Å². The van der Waals surface area contributed by atoms with Crippen LogP contribution in [0.1, 0.15) is 12.8 Å². The Morgan fingerprint density at radius 3 is 3.11 bits per heavy atom. The molecule has 1 aromatic heterocycles. The van der Waals surface area contributed by atoms with Gasteiger partial charge in [0.05, 0.1) is 5.00 Å². The second kappa shape index (κ2) is 4.28. The van der Waals surface area contributed by atoms with E-state index in [0.717, 1.165) is 18.0 Å². The van der Waals surface area contributed by atoms with Crippen molar-refractivity contribution >= 4 is 28.3 Å². The summed E-state index contributed by atoms with van der Waals surface area (Å²) in [4.78, 5) is 25.2. The fourth-order valence-corrected chi connectivity index (χ4v) is 3.29. The first kappa shape index (κ1) is 11.5. The molecule has 2 aliphatic rings. The Labute approximate surface area is 109 Å². The lowest BCUT2D eigenvalue weighted by Crippen LogP contribution is -2.35. The van der Waals surface area contributed by atoms with Crippen LogP contribution in [-0.2, 0) is 4.79 Å². The van der Waals surface area contributed by atoms with Gasteiger partial charge in [-0.3, -0.25) is 10.1 Å². The fraction of sp³-hybridized carbons (Fsp3) is 0.500. The number of hydrogen-bond donors (Lipinski definition) is 2. The molecule has 0 radical (unpaired) electrons. The van der Waals surface area contributed by atoms with Gasteiger partial charge in [-0.15, -0.1) is 11.3 Å². The highest BCUT2D eigenvalue weighted by Gasteiger charge is 2.45. The number of carbonyl (C=O) groups excluding carboxylic acids is 2. The van der Waals surface area contributed by atoms with Crippen LogP contribution in [-0.4, -0.2) is 36.5 Å². The van der Waals surface area contributed by atoms with Crippen LogP contribution in [0, 0.1) is 5.41 Å². The van der Waals surface area contributed by atoms with Crippen molar-refractivity contribution in [1.29, 1.82) is 0 Å². The van der Waals surface area contributed by atoms with Crippen molar-refractivity contribution in [3.05, 3.63) is 17.5 Å². The quantitative estimate of drug-likeness (QED) is 0.808. The maximum absolute atomic E-state index is 12.1. The number of rotatable bonds is 1. The molecule has 1 atom stereocenters. The van der Waals surface area contributed by atoms with Crippen molar-refractivity contribution < 1.29 is 9.59 Å². The Bertz CT molecular complexity index is 474. The minimum atomic E-state index is -0.0614. The van der Waals surface area contributed by atoms with Gasteiger partial charge in [-0.05, 0) is 23.9 Å². The summed E-state index contributed by atoms with van der Waals surface area (Å²) in [5.74, 6) is 0.107. The standard InChI is InChI=1S/C12H15N3O2S/c16-9-6-12(7-13-9)3-4-15(8-12)11(17)14-10-2-1-5-18-10/h1-2,5H,3-4,6-8H2,(H,13,16)(H,14,17). The number of nitrogens with zero attached hydrogens (tertiary/aromatic N) is 1. The molecular formula is C12H15N3O2S. The van der Waals surface area contributed by atoms with Crippen LogP contribution >= 0.6 is 11.3 Å². The van der Waals surface area contributed by atoms with E-state index in [4.69, 9.17) is 0 Å². The van der Waals surface area contributed by atoms with Gasteiger partial charge in [-0.2, -0.15) is 0 Å². The average molecular weight is 265 g/mol. The van der Waals surface area contributed by atoms with Crippen LogP contribution in [0.3, 0.4) is 0 Å². The minimum absolute atomic E-state index is 0.0239. The third kappa shape index (κ3) is 2.08. The van der Waals surface area contributed by atoms with Gasteiger partial charge < -0.3 is 10.2 Å². The van der Waals surface area contributed by atoms with Gasteiger partial charge in [0, 0.05) is 31.5 Å². The lowest BCUT2D eigenvalue weighted by atomic mass is 9.86. The highest BCUT2D eigenvalue weighted by atomic mass is 32.1. The van der Waals surface area contributed by atoms with Gasteiger partial charge in [0.25, 0.3) is 0 Å². The Hall–Kier alpha value is -1.56. The van der Waals surface area contributed by atoms with Crippen molar-refractivity contribution in [2.75, 3.05) is 25.0 Å². The molecule has 3 heterocycles. The number of hydrogen-bond acceptors (Lipinski definition) is 3. The summed E-state index contributed by atoms with van der Waals surface area (Å²) in [5, 5.41) is 8.54. The van der Waals surface area contributed by atoms with Crippen molar-refractivity contribution in [3.63, 3.8) is 0 Å². The predicted molar refractivity (Wildman–Crippen MR) is 69.6 cm³/mol. The van der Waals surface area contributed by atoms with Crippen molar-refractivity contribution in [1.82, 2.24) is 10.2 Å². The molecule has 0 aromatic carbocycles. The third-order valence-corrected chi connectivity index (χ3v) is 4.46. The minimum Gasteiger partial charge on any atom is -0.355 e. The summed E-state index contributed by atoms with van der Waals surface area (Å²) in [5.41, 5.74) is -0.0239. The number of carbonyl (C=O) groups is 2. The number of nitrogens with one attached hydrogen (secondary N) is 2. The maximum atomic E-state index is 12.1. The van der Waals surface area contributed by atoms with Gasteiger partial charge in [0.15, 0.2) is 0 Å². The molecule has 96 valence electrons. The zero-order valence-corrected chi connectivity index (χ0v) is 10.8. The Morgan fingerprint density at radius 1 is 1.56 bits per heavy atom. The third-order valence-electron chi connectivity index (χ3n) is 3.67. The lowest BCUT2D eigenvalue weighted by Gasteiger charge is -2.21. The lowest BCUT2D eigenvalue weighted by molar-refractivity contribution is -0.119. The Kier molecular flexibility index (Phi) is 2.74. The van der Waals surface area contributed by atoms with E-state index in [9.17, 15) is 9.59 Å². The number of amides is 3. The number of thiophene rings is 1. The second-order valence-corrected chi connectivity index (χ2v) is 5.98. The van der Waals surface area contributed by atoms with Crippen LogP contribution < -0.4 is 10.6 Å². The molecule has 2 saturated heterocycles. The van der Waals surface area contributed by atoms with E-state index < -0.39 is 0 Å². The van der Waals surface area contributed by atoms with E-state index in [-0.39, 0.29) is 17.4 Å². The van der Waals surface area contributed by atoms with Crippen LogP contribution in [0.15, 0.2) is 17.5 Å². The first-order valence-corrected chi connectivity index (χ1v) is 6.91. The van der Waals surface area contributed by atoms with E-state index in [0.29, 0.717) is 19.5 Å². The van der Waals surface area contributed by atoms with Gasteiger partial charge in [0.1, 0.15) is 0 Å². The SMILES string of the molecule is O=C1CC2(CCN(C(=O)Nc3cccs3)C2)CN1. The first-order chi connectivity index (χ1) is 8.67. The summed E-state index contributed by atoms with van der Waals surface area (Å²) in [6, 6.07) is 3.73. The zero-order valence-electron chi connectivity index (χ0n) is 9.94. The molecule has 2 fully saturated rings. The summed E-state index contributed by atoms with van der Waals surface area (Å²) < 4.78 is 0. The highest BCUT2D eigenvalue weighted by Crippen LogP contribution is 2.36. The molecule has 3 amide bonds. The van der Waals surface area contributed by atoms with Crippen molar-refractivity contribution in [2.24, 2.45) is 5.41 Å². The van der Waals surface area contributed by atoms with E-state index in [2.05, 4.69) is 10.6 Å². The number of likely N-dealkylation sites (tertiary alicyclic amines) is 1. The summed E-state index contributed by atoms with van der Waals surface area (Å²) in [7, 11) is 0. The maximum Gasteiger partial charge on any atom is 0.322 e. The van der Waals surface area contributed by atoms with Gasteiger partial charge in [-0.1, -0.05) is 0 Å². The summed E-state index contributed by atoms with van der Waals surface area (Å²) in [6.45, 7) is 2.10. The topological polar surface area (TPSA) is 61.4 Å². The molecule has 2 aliphatic heterocycles. The number of urea groups is 1. The second-order valence-electron chi connectivity index (χ2n) is 5.03. The van der Waals surface area contributed by atoms with E-state index in [1.807, 2.05) is 17.5 Å². The molecule has 0 saturated carbocycles. The van der Waals surface area contributed by atoms with Crippen molar-refractivity contribution in [2.45, 2.75) is 12.8 Å². The van der Waals surface area contributed by atoms with Crippen LogP contribution in [0.5, 0.6) is 0 Å². The molecule has 6 heteroatoms. The van der Waals surface area contributed by atoms with Crippen LogP contribution in [0.4, 0.5) is 9.80 Å².